The van der Waals surface area contributed by atoms with Crippen molar-refractivity contribution < 1.29 is 9.53 Å². The van der Waals surface area contributed by atoms with Crippen LogP contribution in [0.25, 0.3) is 22.2 Å². The van der Waals surface area contributed by atoms with Gasteiger partial charge in [-0.05, 0) is 47.5 Å². The molecule has 0 aliphatic heterocycles. The van der Waals surface area contributed by atoms with Crippen molar-refractivity contribution >= 4 is 16.8 Å². The van der Waals surface area contributed by atoms with E-state index in [9.17, 15) is 4.79 Å². The summed E-state index contributed by atoms with van der Waals surface area (Å²) >= 11 is 0. The Morgan fingerprint density at radius 2 is 1.74 bits per heavy atom. The van der Waals surface area contributed by atoms with Crippen LogP contribution in [0.2, 0.25) is 0 Å². The van der Waals surface area contributed by atoms with Crippen molar-refractivity contribution in [1.29, 1.82) is 0 Å². The van der Waals surface area contributed by atoms with Crippen LogP contribution >= 0.6 is 0 Å². The highest BCUT2D eigenvalue weighted by atomic mass is 16.5. The first-order chi connectivity index (χ1) is 16.7. The third kappa shape index (κ3) is 4.66. The molecule has 5 rings (SSSR count). The number of hydrogen-bond donors (Lipinski definition) is 1. The average molecular weight is 449 g/mol. The molecule has 2 heterocycles. The molecule has 34 heavy (non-hydrogen) atoms. The van der Waals surface area contributed by atoms with Gasteiger partial charge in [-0.1, -0.05) is 42.5 Å². The Labute approximate surface area is 197 Å². The first kappa shape index (κ1) is 21.4. The largest absolute Gasteiger partial charge is 0.497 e. The number of para-hydroxylation sites is 1. The van der Waals surface area contributed by atoms with Gasteiger partial charge in [0.15, 0.2) is 0 Å². The average Bonchev–Trinajstić information content (AvgIpc) is 3.40. The molecule has 6 heteroatoms. The molecule has 6 nitrogen and oxygen atoms in total. The van der Waals surface area contributed by atoms with Gasteiger partial charge in [0.05, 0.1) is 30.2 Å². The summed E-state index contributed by atoms with van der Waals surface area (Å²) in [6, 6.07) is 25.5. The summed E-state index contributed by atoms with van der Waals surface area (Å²) in [4.78, 5) is 22.1. The molecule has 0 aliphatic carbocycles. The van der Waals surface area contributed by atoms with E-state index in [0.29, 0.717) is 12.1 Å². The minimum atomic E-state index is -0.129. The SMILES string of the molecule is COc1ccc(-c2cc(C(=O)NCc3ccc(Cn4ccnc4)cc3)c3ccccc3n2)cc1. The number of pyridine rings is 1. The van der Waals surface area contributed by atoms with E-state index in [1.807, 2.05) is 77.5 Å². The molecule has 3 aromatic carbocycles. The van der Waals surface area contributed by atoms with Crippen LogP contribution in [0.4, 0.5) is 0 Å². The molecule has 0 radical (unpaired) electrons. The summed E-state index contributed by atoms with van der Waals surface area (Å²) in [5.74, 6) is 0.648. The van der Waals surface area contributed by atoms with E-state index in [-0.39, 0.29) is 5.91 Å². The van der Waals surface area contributed by atoms with Crippen molar-refractivity contribution in [3.63, 3.8) is 0 Å². The molecule has 1 amide bonds. The highest BCUT2D eigenvalue weighted by Crippen LogP contribution is 2.26. The minimum absolute atomic E-state index is 0.129. The first-order valence-electron chi connectivity index (χ1n) is 11.1. The molecule has 0 fully saturated rings. The van der Waals surface area contributed by atoms with Crippen LogP contribution in [0.15, 0.2) is 97.6 Å². The number of carbonyl (C=O) groups is 1. The second-order valence-corrected chi connectivity index (χ2v) is 8.03. The number of hydrogen-bond acceptors (Lipinski definition) is 4. The zero-order valence-corrected chi connectivity index (χ0v) is 18.8. The predicted molar refractivity (Wildman–Crippen MR) is 133 cm³/mol. The smallest absolute Gasteiger partial charge is 0.252 e. The molecular weight excluding hydrogens is 424 g/mol. The third-order valence-electron chi connectivity index (χ3n) is 5.75. The molecule has 0 saturated carbocycles. The van der Waals surface area contributed by atoms with Crippen molar-refractivity contribution in [2.75, 3.05) is 7.11 Å². The second kappa shape index (κ2) is 9.58. The third-order valence-corrected chi connectivity index (χ3v) is 5.75. The molecular formula is C28H24N4O2. The summed E-state index contributed by atoms with van der Waals surface area (Å²) < 4.78 is 7.28. The Kier molecular flexibility index (Phi) is 6.03. The van der Waals surface area contributed by atoms with E-state index in [2.05, 4.69) is 22.4 Å². The van der Waals surface area contributed by atoms with Crippen LogP contribution in [-0.2, 0) is 13.1 Å². The fraction of sp³-hybridized carbons (Fsp3) is 0.107. The van der Waals surface area contributed by atoms with Crippen molar-refractivity contribution in [2.45, 2.75) is 13.1 Å². The molecule has 168 valence electrons. The molecule has 0 bridgehead atoms. The number of amides is 1. The maximum absolute atomic E-state index is 13.2. The molecule has 2 aromatic heterocycles. The van der Waals surface area contributed by atoms with Crippen LogP contribution < -0.4 is 10.1 Å². The zero-order valence-electron chi connectivity index (χ0n) is 18.8. The van der Waals surface area contributed by atoms with E-state index >= 15 is 0 Å². The number of methoxy groups -OCH3 is 1. The number of carbonyl (C=O) groups excluding carboxylic acids is 1. The summed E-state index contributed by atoms with van der Waals surface area (Å²) in [5, 5.41) is 3.89. The molecule has 0 unspecified atom stereocenters. The van der Waals surface area contributed by atoms with Gasteiger partial charge in [0, 0.05) is 36.4 Å². The van der Waals surface area contributed by atoms with Crippen molar-refractivity contribution in [2.24, 2.45) is 0 Å². The van der Waals surface area contributed by atoms with Gasteiger partial charge in [-0.25, -0.2) is 9.97 Å². The number of fused-ring (bicyclic) bond motifs is 1. The van der Waals surface area contributed by atoms with Crippen molar-refractivity contribution in [1.82, 2.24) is 19.9 Å². The molecule has 1 N–H and O–H groups in total. The Balaban J connectivity index is 1.35. The highest BCUT2D eigenvalue weighted by Gasteiger charge is 2.14. The van der Waals surface area contributed by atoms with Gasteiger partial charge in [-0.3, -0.25) is 4.79 Å². The summed E-state index contributed by atoms with van der Waals surface area (Å²) in [6.45, 7) is 1.21. The van der Waals surface area contributed by atoms with E-state index in [1.165, 1.54) is 5.56 Å². The number of imidazole rings is 1. The quantitative estimate of drug-likeness (QED) is 0.377. The first-order valence-corrected chi connectivity index (χ1v) is 11.1. The maximum Gasteiger partial charge on any atom is 0.252 e. The topological polar surface area (TPSA) is 69.0 Å². The lowest BCUT2D eigenvalue weighted by Gasteiger charge is -2.11. The van der Waals surface area contributed by atoms with Crippen LogP contribution in [0.1, 0.15) is 21.5 Å². The summed E-state index contributed by atoms with van der Waals surface area (Å²) in [7, 11) is 1.64. The van der Waals surface area contributed by atoms with Crippen LogP contribution in [-0.4, -0.2) is 27.6 Å². The number of rotatable bonds is 7. The Hall–Kier alpha value is -4.45. The lowest BCUT2D eigenvalue weighted by molar-refractivity contribution is 0.0952. The standard InChI is InChI=1S/C28H24N4O2/c1-34-23-12-10-22(11-13-23)27-16-25(24-4-2-3-5-26(24)31-27)28(33)30-17-20-6-8-21(9-7-20)18-32-15-14-29-19-32/h2-16,19H,17-18H2,1H3,(H,30,33). The lowest BCUT2D eigenvalue weighted by atomic mass is 10.0. The number of ether oxygens (including phenoxy) is 1. The minimum Gasteiger partial charge on any atom is -0.497 e. The number of nitrogens with zero attached hydrogens (tertiary/aromatic N) is 3. The molecule has 0 saturated heterocycles. The highest BCUT2D eigenvalue weighted by molar-refractivity contribution is 6.07. The summed E-state index contributed by atoms with van der Waals surface area (Å²) in [6.07, 6.45) is 5.51. The number of benzene rings is 3. The predicted octanol–water partition coefficient (Wildman–Crippen LogP) is 5.09. The van der Waals surface area contributed by atoms with E-state index in [4.69, 9.17) is 9.72 Å². The van der Waals surface area contributed by atoms with Gasteiger partial charge < -0.3 is 14.6 Å². The summed E-state index contributed by atoms with van der Waals surface area (Å²) in [5.41, 5.74) is 5.27. The fourth-order valence-electron chi connectivity index (χ4n) is 3.90. The van der Waals surface area contributed by atoms with Gasteiger partial charge in [-0.15, -0.1) is 0 Å². The normalized spacial score (nSPS) is 10.9. The monoisotopic (exact) mass is 448 g/mol. The lowest BCUT2D eigenvalue weighted by Crippen LogP contribution is -2.23. The van der Waals surface area contributed by atoms with E-state index in [0.717, 1.165) is 40.0 Å². The van der Waals surface area contributed by atoms with Crippen molar-refractivity contribution in [3.8, 4) is 17.0 Å². The van der Waals surface area contributed by atoms with E-state index in [1.54, 1.807) is 19.6 Å². The number of nitrogens with one attached hydrogen (secondary N) is 1. The second-order valence-electron chi connectivity index (χ2n) is 8.03. The Morgan fingerprint density at radius 3 is 2.47 bits per heavy atom. The van der Waals surface area contributed by atoms with Crippen LogP contribution in [0.5, 0.6) is 5.75 Å². The van der Waals surface area contributed by atoms with Crippen molar-refractivity contribution in [3.05, 3.63) is 114 Å². The fourth-order valence-corrected chi connectivity index (χ4v) is 3.90. The van der Waals surface area contributed by atoms with Gasteiger partial charge in [0.25, 0.3) is 5.91 Å². The van der Waals surface area contributed by atoms with Gasteiger partial charge in [0.2, 0.25) is 0 Å². The Morgan fingerprint density at radius 1 is 0.971 bits per heavy atom. The Bertz CT molecular complexity index is 1410. The molecule has 0 atom stereocenters. The van der Waals surface area contributed by atoms with Gasteiger partial charge >= 0.3 is 0 Å². The maximum atomic E-state index is 13.2. The zero-order chi connectivity index (χ0) is 23.3. The van der Waals surface area contributed by atoms with Crippen LogP contribution in [0.3, 0.4) is 0 Å². The van der Waals surface area contributed by atoms with E-state index < -0.39 is 0 Å². The van der Waals surface area contributed by atoms with Gasteiger partial charge in [-0.2, -0.15) is 0 Å². The van der Waals surface area contributed by atoms with Gasteiger partial charge in [0.1, 0.15) is 5.75 Å². The molecule has 5 aromatic rings. The number of aromatic nitrogens is 3. The van der Waals surface area contributed by atoms with Crippen LogP contribution in [0, 0.1) is 0 Å². The molecule has 0 aliphatic rings. The molecule has 0 spiro atoms.